The summed E-state index contributed by atoms with van der Waals surface area (Å²) in [5.41, 5.74) is 7.34. The average Bonchev–Trinajstić information content (AvgIpc) is 2.91. The molecule has 40 heavy (non-hydrogen) atoms. The number of phenols is 2. The molecule has 0 fully saturated rings. The average molecular weight is 557 g/mol. The van der Waals surface area contributed by atoms with Gasteiger partial charge in [-0.3, -0.25) is 14.4 Å². The molecular weight excluding hydrogens is 516 g/mol. The third-order valence-corrected chi connectivity index (χ3v) is 6.81. The number of benzene rings is 2. The van der Waals surface area contributed by atoms with Crippen LogP contribution >= 0.6 is 0 Å². The van der Waals surface area contributed by atoms with Gasteiger partial charge in [0.2, 0.25) is 17.7 Å². The minimum Gasteiger partial charge on any atom is -0.508 e. The number of aromatic hydroxyl groups is 2. The van der Waals surface area contributed by atoms with Gasteiger partial charge in [0.05, 0.1) is 6.04 Å². The van der Waals surface area contributed by atoms with Crippen LogP contribution in [-0.4, -0.2) is 63.2 Å². The number of hydrogen-bond acceptors (Lipinski definition) is 7. The van der Waals surface area contributed by atoms with Crippen LogP contribution in [0.1, 0.15) is 45.2 Å². The van der Waals surface area contributed by atoms with E-state index in [1.807, 2.05) is 13.8 Å². The van der Waals surface area contributed by atoms with Crippen LogP contribution in [-0.2, 0) is 32.0 Å². The zero-order chi connectivity index (χ0) is 30.0. The molecule has 0 aromatic heterocycles. The highest BCUT2D eigenvalue weighted by molar-refractivity contribution is 5.94. The van der Waals surface area contributed by atoms with Crippen LogP contribution in [0, 0.1) is 11.8 Å². The highest BCUT2D eigenvalue weighted by atomic mass is 16.4. The summed E-state index contributed by atoms with van der Waals surface area (Å²) in [7, 11) is 0. The normalized spacial score (nSPS) is 14.8. The Kier molecular flexibility index (Phi) is 11.9. The molecule has 2 aromatic rings. The van der Waals surface area contributed by atoms with Gasteiger partial charge >= 0.3 is 5.97 Å². The standard InChI is InChI=1S/C29H40N4O7/c1-5-17(4)24(30)28(38)32-22(14-18-6-10-20(34)11-7-18)26(36)31-23(15-19-8-12-21(35)13-9-19)27(37)33-25(16(2)3)29(39)40/h6-13,16-17,22-25,34-35H,5,14-15,30H2,1-4H3,(H,31,36)(H,32,38)(H,33,37)(H,39,40). The highest BCUT2D eigenvalue weighted by Gasteiger charge is 2.32. The second-order valence-electron chi connectivity index (χ2n) is 10.3. The minimum atomic E-state index is -1.21. The molecule has 11 nitrogen and oxygen atoms in total. The van der Waals surface area contributed by atoms with Crippen molar-refractivity contribution < 1.29 is 34.5 Å². The first kappa shape index (κ1) is 32.1. The summed E-state index contributed by atoms with van der Waals surface area (Å²) < 4.78 is 0. The summed E-state index contributed by atoms with van der Waals surface area (Å²) in [5.74, 6) is -3.63. The summed E-state index contributed by atoms with van der Waals surface area (Å²) in [6.07, 6.45) is 0.690. The number of nitrogens with one attached hydrogen (secondary N) is 3. The summed E-state index contributed by atoms with van der Waals surface area (Å²) in [6, 6.07) is 7.79. The van der Waals surface area contributed by atoms with Gasteiger partial charge in [0.1, 0.15) is 29.6 Å². The predicted octanol–water partition coefficient (Wildman–Crippen LogP) is 1.45. The lowest BCUT2D eigenvalue weighted by atomic mass is 9.97. The number of hydrogen-bond donors (Lipinski definition) is 7. The maximum absolute atomic E-state index is 13.6. The fourth-order valence-electron chi connectivity index (χ4n) is 3.97. The maximum atomic E-state index is 13.6. The molecule has 2 rings (SSSR count). The van der Waals surface area contributed by atoms with Gasteiger partial charge < -0.3 is 37.0 Å². The van der Waals surface area contributed by atoms with Crippen LogP contribution in [0.4, 0.5) is 0 Å². The number of amides is 3. The van der Waals surface area contributed by atoms with E-state index >= 15 is 0 Å². The second kappa shape index (κ2) is 14.9. The second-order valence-corrected chi connectivity index (χ2v) is 10.3. The van der Waals surface area contributed by atoms with Crippen molar-refractivity contribution in [1.82, 2.24) is 16.0 Å². The maximum Gasteiger partial charge on any atom is 0.326 e. The Morgan fingerprint density at radius 2 is 1.12 bits per heavy atom. The minimum absolute atomic E-state index is 0.00541. The molecule has 11 heteroatoms. The molecule has 0 aliphatic heterocycles. The lowest BCUT2D eigenvalue weighted by Crippen LogP contribution is -2.59. The molecule has 0 radical (unpaired) electrons. The van der Waals surface area contributed by atoms with Gasteiger partial charge in [0.25, 0.3) is 0 Å². The van der Waals surface area contributed by atoms with Gasteiger partial charge in [0, 0.05) is 12.8 Å². The molecule has 0 saturated heterocycles. The van der Waals surface area contributed by atoms with Crippen molar-refractivity contribution in [3.8, 4) is 11.5 Å². The molecule has 0 bridgehead atoms. The first-order valence-electron chi connectivity index (χ1n) is 13.3. The van der Waals surface area contributed by atoms with Crippen molar-refractivity contribution >= 4 is 23.7 Å². The van der Waals surface area contributed by atoms with Gasteiger partial charge in [0.15, 0.2) is 0 Å². The van der Waals surface area contributed by atoms with Crippen LogP contribution < -0.4 is 21.7 Å². The van der Waals surface area contributed by atoms with E-state index in [1.165, 1.54) is 24.3 Å². The highest BCUT2D eigenvalue weighted by Crippen LogP contribution is 2.15. The number of rotatable bonds is 14. The van der Waals surface area contributed by atoms with Crippen LogP contribution in [0.2, 0.25) is 0 Å². The van der Waals surface area contributed by atoms with E-state index in [0.29, 0.717) is 17.5 Å². The quantitative estimate of drug-likeness (QED) is 0.182. The lowest BCUT2D eigenvalue weighted by molar-refractivity contribution is -0.143. The fraction of sp³-hybridized carbons (Fsp3) is 0.448. The van der Waals surface area contributed by atoms with Gasteiger partial charge in [-0.15, -0.1) is 0 Å². The topological polar surface area (TPSA) is 191 Å². The Hall–Kier alpha value is -4.12. The van der Waals surface area contributed by atoms with Crippen molar-refractivity contribution in [1.29, 1.82) is 0 Å². The molecule has 0 spiro atoms. The zero-order valence-electron chi connectivity index (χ0n) is 23.3. The Balaban J connectivity index is 2.36. The molecule has 218 valence electrons. The third kappa shape index (κ3) is 9.57. The molecule has 0 aliphatic carbocycles. The SMILES string of the molecule is CCC(C)C(N)C(=O)NC(Cc1ccc(O)cc1)C(=O)NC(Cc1ccc(O)cc1)C(=O)NC(C(=O)O)C(C)C. The van der Waals surface area contributed by atoms with Crippen LogP contribution in [0.15, 0.2) is 48.5 Å². The van der Waals surface area contributed by atoms with Gasteiger partial charge in [-0.05, 0) is 47.2 Å². The van der Waals surface area contributed by atoms with E-state index in [4.69, 9.17) is 5.73 Å². The molecule has 5 atom stereocenters. The van der Waals surface area contributed by atoms with Crippen LogP contribution in [0.3, 0.4) is 0 Å². The first-order chi connectivity index (χ1) is 18.8. The Labute approximate surface area is 234 Å². The summed E-state index contributed by atoms with van der Waals surface area (Å²) in [5, 5.41) is 36.7. The molecular formula is C29H40N4O7. The summed E-state index contributed by atoms with van der Waals surface area (Å²) in [6.45, 7) is 7.02. The monoisotopic (exact) mass is 556 g/mol. The number of phenolic OH excluding ortho intramolecular Hbond substituents is 2. The molecule has 5 unspecified atom stereocenters. The van der Waals surface area contributed by atoms with Crippen molar-refractivity contribution in [2.75, 3.05) is 0 Å². The van der Waals surface area contributed by atoms with E-state index in [9.17, 15) is 34.5 Å². The Bertz CT molecular complexity index is 1150. The van der Waals surface area contributed by atoms with Crippen molar-refractivity contribution in [3.63, 3.8) is 0 Å². The van der Waals surface area contributed by atoms with Crippen LogP contribution in [0.25, 0.3) is 0 Å². The summed E-state index contributed by atoms with van der Waals surface area (Å²) in [4.78, 5) is 51.5. The van der Waals surface area contributed by atoms with Crippen molar-refractivity contribution in [2.24, 2.45) is 17.6 Å². The van der Waals surface area contributed by atoms with E-state index in [1.54, 1.807) is 38.1 Å². The van der Waals surface area contributed by atoms with E-state index in [0.717, 1.165) is 0 Å². The number of nitrogens with two attached hydrogens (primary N) is 1. The first-order valence-corrected chi connectivity index (χ1v) is 13.3. The Morgan fingerprint density at radius 1 is 0.725 bits per heavy atom. The van der Waals surface area contributed by atoms with Gasteiger partial charge in [-0.1, -0.05) is 58.4 Å². The van der Waals surface area contributed by atoms with Gasteiger partial charge in [-0.25, -0.2) is 4.79 Å². The van der Waals surface area contributed by atoms with Crippen molar-refractivity contribution in [2.45, 2.75) is 71.1 Å². The summed E-state index contributed by atoms with van der Waals surface area (Å²) >= 11 is 0. The van der Waals surface area contributed by atoms with Crippen LogP contribution in [0.5, 0.6) is 11.5 Å². The molecule has 0 saturated carbocycles. The van der Waals surface area contributed by atoms with Crippen molar-refractivity contribution in [3.05, 3.63) is 59.7 Å². The largest absolute Gasteiger partial charge is 0.508 e. The van der Waals surface area contributed by atoms with Gasteiger partial charge in [-0.2, -0.15) is 0 Å². The number of carbonyl (C=O) groups excluding carboxylic acids is 3. The van der Waals surface area contributed by atoms with E-state index < -0.39 is 53.8 Å². The number of aliphatic carboxylic acids is 1. The molecule has 2 aromatic carbocycles. The molecule has 0 aliphatic rings. The fourth-order valence-corrected chi connectivity index (χ4v) is 3.97. The molecule has 8 N–H and O–H groups in total. The zero-order valence-corrected chi connectivity index (χ0v) is 23.3. The number of carbonyl (C=O) groups is 4. The smallest absolute Gasteiger partial charge is 0.326 e. The molecule has 3 amide bonds. The number of carboxylic acid groups (broad SMARTS) is 1. The number of carboxylic acids is 1. The third-order valence-electron chi connectivity index (χ3n) is 6.81. The Morgan fingerprint density at radius 3 is 1.50 bits per heavy atom. The predicted molar refractivity (Wildman–Crippen MR) is 149 cm³/mol. The van der Waals surface area contributed by atoms with E-state index in [-0.39, 0.29) is 30.3 Å². The molecule has 0 heterocycles. The van der Waals surface area contributed by atoms with E-state index in [2.05, 4.69) is 16.0 Å². The lowest BCUT2D eigenvalue weighted by Gasteiger charge is -2.27.